The van der Waals surface area contributed by atoms with Crippen LogP contribution in [0.4, 0.5) is 9.18 Å². The third kappa shape index (κ3) is 3.89. The summed E-state index contributed by atoms with van der Waals surface area (Å²) in [6.45, 7) is 5.43. The van der Waals surface area contributed by atoms with E-state index in [-0.39, 0.29) is 6.54 Å². The van der Waals surface area contributed by atoms with Gasteiger partial charge in [-0.15, -0.1) is 11.3 Å². The minimum Gasteiger partial charge on any atom is -0.349 e. The van der Waals surface area contributed by atoms with E-state index < -0.39 is 35.7 Å². The zero-order chi connectivity index (χ0) is 20.5. The van der Waals surface area contributed by atoms with Gasteiger partial charge in [0.15, 0.2) is 0 Å². The van der Waals surface area contributed by atoms with E-state index in [4.69, 9.17) is 0 Å². The number of thiazole rings is 1. The number of nitrogens with one attached hydrogen (secondary N) is 2. The number of urea groups is 1. The molecular formula is C19H21FN4O3S. The van der Waals surface area contributed by atoms with Crippen LogP contribution in [0.15, 0.2) is 29.6 Å². The van der Waals surface area contributed by atoms with Crippen molar-refractivity contribution >= 4 is 29.2 Å². The highest BCUT2D eigenvalue weighted by atomic mass is 32.1. The van der Waals surface area contributed by atoms with Crippen LogP contribution in [-0.4, -0.2) is 34.3 Å². The second-order valence-electron chi connectivity index (χ2n) is 7.06. The van der Waals surface area contributed by atoms with Gasteiger partial charge in [0.1, 0.15) is 17.9 Å². The molecule has 9 heteroatoms. The number of rotatable bonds is 6. The van der Waals surface area contributed by atoms with Crippen LogP contribution in [0.1, 0.15) is 43.0 Å². The van der Waals surface area contributed by atoms with Crippen LogP contribution in [0, 0.1) is 5.82 Å². The molecule has 1 aliphatic heterocycles. The predicted octanol–water partition coefficient (Wildman–Crippen LogP) is 2.49. The Kier molecular flexibility index (Phi) is 5.46. The first-order valence-corrected chi connectivity index (χ1v) is 9.70. The summed E-state index contributed by atoms with van der Waals surface area (Å²) in [7, 11) is 0. The average Bonchev–Trinajstić information content (AvgIpc) is 3.20. The zero-order valence-corrected chi connectivity index (χ0v) is 16.6. The van der Waals surface area contributed by atoms with E-state index in [1.165, 1.54) is 42.5 Å². The highest BCUT2D eigenvalue weighted by Gasteiger charge is 2.49. The quantitative estimate of drug-likeness (QED) is 0.724. The van der Waals surface area contributed by atoms with Crippen molar-refractivity contribution in [3.05, 3.63) is 51.7 Å². The first-order valence-electron chi connectivity index (χ1n) is 8.82. The SMILES string of the molecule is CC(C)c1nc(CNC(=O)CN2C(=O)NC(C)(c3ccc(F)cc3)C2=O)cs1. The molecule has 1 atom stereocenters. The number of amides is 4. The highest BCUT2D eigenvalue weighted by Crippen LogP contribution is 2.28. The van der Waals surface area contributed by atoms with Crippen molar-refractivity contribution in [2.45, 2.75) is 38.8 Å². The van der Waals surface area contributed by atoms with Gasteiger partial charge in [-0.05, 0) is 24.6 Å². The Morgan fingerprint density at radius 3 is 2.61 bits per heavy atom. The maximum atomic E-state index is 13.2. The number of carbonyl (C=O) groups excluding carboxylic acids is 3. The molecule has 2 heterocycles. The molecule has 0 saturated carbocycles. The number of benzene rings is 1. The second-order valence-corrected chi connectivity index (χ2v) is 7.95. The van der Waals surface area contributed by atoms with E-state index >= 15 is 0 Å². The Hall–Kier alpha value is -2.81. The first-order chi connectivity index (χ1) is 13.2. The van der Waals surface area contributed by atoms with Gasteiger partial charge in [0.2, 0.25) is 5.91 Å². The van der Waals surface area contributed by atoms with Crippen molar-refractivity contribution in [2.24, 2.45) is 0 Å². The number of carbonyl (C=O) groups is 3. The maximum absolute atomic E-state index is 13.2. The molecule has 1 aliphatic rings. The summed E-state index contributed by atoms with van der Waals surface area (Å²) >= 11 is 1.52. The molecule has 1 aromatic heterocycles. The smallest absolute Gasteiger partial charge is 0.325 e. The Balaban J connectivity index is 1.63. The standard InChI is InChI=1S/C19H21FN4O3S/c1-11(2)16-22-14(10-28-16)8-21-15(25)9-24-17(26)19(3,23-18(24)27)12-4-6-13(20)7-5-12/h4-7,10-11H,8-9H2,1-3H3,(H,21,25)(H,23,27). The van der Waals surface area contributed by atoms with Gasteiger partial charge >= 0.3 is 6.03 Å². The van der Waals surface area contributed by atoms with E-state index in [0.717, 1.165) is 15.6 Å². The van der Waals surface area contributed by atoms with Gasteiger partial charge in [0, 0.05) is 11.3 Å². The summed E-state index contributed by atoms with van der Waals surface area (Å²) in [4.78, 5) is 42.6. The Morgan fingerprint density at radius 1 is 1.32 bits per heavy atom. The highest BCUT2D eigenvalue weighted by molar-refractivity contribution is 7.09. The lowest BCUT2D eigenvalue weighted by Crippen LogP contribution is -2.43. The summed E-state index contributed by atoms with van der Waals surface area (Å²) in [5.41, 5.74) is -0.166. The van der Waals surface area contributed by atoms with Crippen molar-refractivity contribution < 1.29 is 18.8 Å². The Labute approximate surface area is 166 Å². The molecule has 7 nitrogen and oxygen atoms in total. The van der Waals surface area contributed by atoms with Crippen LogP contribution in [0.25, 0.3) is 0 Å². The van der Waals surface area contributed by atoms with Crippen molar-refractivity contribution in [3.63, 3.8) is 0 Å². The first kappa shape index (κ1) is 19.9. The lowest BCUT2D eigenvalue weighted by Gasteiger charge is -2.22. The monoisotopic (exact) mass is 404 g/mol. The molecule has 3 rings (SSSR count). The van der Waals surface area contributed by atoms with Crippen LogP contribution in [0.3, 0.4) is 0 Å². The summed E-state index contributed by atoms with van der Waals surface area (Å²) in [5.74, 6) is -1.16. The summed E-state index contributed by atoms with van der Waals surface area (Å²) in [5, 5.41) is 8.11. The molecule has 0 bridgehead atoms. The van der Waals surface area contributed by atoms with Crippen molar-refractivity contribution in [3.8, 4) is 0 Å². The molecule has 1 unspecified atom stereocenters. The summed E-state index contributed by atoms with van der Waals surface area (Å²) in [6.07, 6.45) is 0. The van der Waals surface area contributed by atoms with Crippen LogP contribution in [0.5, 0.6) is 0 Å². The minimum absolute atomic E-state index is 0.223. The number of halogens is 1. The normalized spacial score (nSPS) is 19.2. The van der Waals surface area contributed by atoms with Crippen LogP contribution in [-0.2, 0) is 21.7 Å². The molecule has 2 aromatic rings. The van der Waals surface area contributed by atoms with Crippen LogP contribution < -0.4 is 10.6 Å². The molecule has 1 fully saturated rings. The number of hydrogen-bond acceptors (Lipinski definition) is 5. The van der Waals surface area contributed by atoms with E-state index in [1.807, 2.05) is 19.2 Å². The third-order valence-corrected chi connectivity index (χ3v) is 5.72. The summed E-state index contributed by atoms with van der Waals surface area (Å²) < 4.78 is 13.2. The van der Waals surface area contributed by atoms with Crippen LogP contribution >= 0.6 is 11.3 Å². The average molecular weight is 404 g/mol. The zero-order valence-electron chi connectivity index (χ0n) is 15.8. The Morgan fingerprint density at radius 2 is 2.00 bits per heavy atom. The van der Waals surface area contributed by atoms with Gasteiger partial charge in [0.05, 0.1) is 17.2 Å². The second kappa shape index (κ2) is 7.67. The molecule has 148 valence electrons. The molecule has 0 radical (unpaired) electrons. The topological polar surface area (TPSA) is 91.4 Å². The molecule has 1 saturated heterocycles. The molecule has 1 aromatic carbocycles. The molecule has 0 aliphatic carbocycles. The van der Waals surface area contributed by atoms with Gasteiger partial charge in [-0.2, -0.15) is 0 Å². The molecule has 2 N–H and O–H groups in total. The van der Waals surface area contributed by atoms with Crippen molar-refractivity contribution in [1.29, 1.82) is 0 Å². The van der Waals surface area contributed by atoms with Crippen molar-refractivity contribution in [1.82, 2.24) is 20.5 Å². The largest absolute Gasteiger partial charge is 0.349 e. The van der Waals surface area contributed by atoms with Gasteiger partial charge < -0.3 is 10.6 Å². The van der Waals surface area contributed by atoms with E-state index in [0.29, 0.717) is 11.5 Å². The third-order valence-electron chi connectivity index (χ3n) is 4.53. The van der Waals surface area contributed by atoms with E-state index in [9.17, 15) is 18.8 Å². The number of imide groups is 1. The fourth-order valence-electron chi connectivity index (χ4n) is 2.88. The predicted molar refractivity (Wildman–Crippen MR) is 102 cm³/mol. The maximum Gasteiger partial charge on any atom is 0.325 e. The van der Waals surface area contributed by atoms with Gasteiger partial charge in [-0.3, -0.25) is 14.5 Å². The molecular weight excluding hydrogens is 383 g/mol. The fraction of sp³-hybridized carbons (Fsp3) is 0.368. The van der Waals surface area contributed by atoms with Gasteiger partial charge in [0.25, 0.3) is 5.91 Å². The molecule has 0 spiro atoms. The lowest BCUT2D eigenvalue weighted by atomic mass is 9.92. The molecule has 4 amide bonds. The Bertz CT molecular complexity index is 912. The number of hydrogen-bond donors (Lipinski definition) is 2. The number of nitrogens with zero attached hydrogens (tertiary/aromatic N) is 2. The minimum atomic E-state index is -1.34. The van der Waals surface area contributed by atoms with E-state index in [2.05, 4.69) is 15.6 Å². The van der Waals surface area contributed by atoms with E-state index in [1.54, 1.807) is 0 Å². The van der Waals surface area contributed by atoms with Crippen LogP contribution in [0.2, 0.25) is 0 Å². The summed E-state index contributed by atoms with van der Waals surface area (Å²) in [6, 6.07) is 4.64. The molecule has 28 heavy (non-hydrogen) atoms. The lowest BCUT2D eigenvalue weighted by molar-refractivity contribution is -0.134. The van der Waals surface area contributed by atoms with Gasteiger partial charge in [-0.25, -0.2) is 14.2 Å². The number of aromatic nitrogens is 1. The fourth-order valence-corrected chi connectivity index (χ4v) is 3.71. The van der Waals surface area contributed by atoms with Crippen molar-refractivity contribution in [2.75, 3.05) is 6.54 Å². The van der Waals surface area contributed by atoms with Gasteiger partial charge in [-0.1, -0.05) is 26.0 Å².